The van der Waals surface area contributed by atoms with Crippen LogP contribution in [0.2, 0.25) is 10.0 Å². The predicted molar refractivity (Wildman–Crippen MR) is 121 cm³/mol. The third-order valence-electron chi connectivity index (χ3n) is 5.89. The minimum Gasteiger partial charge on any atom is -0.396 e. The molecule has 0 saturated carbocycles. The Morgan fingerprint density at radius 2 is 1.59 bits per heavy atom. The SMILES string of the molecule is OCCc1ccc(Cc2cn([C@@H]3O[C@H](CO)[C@@H](O)[C@H](O)[C@H]3O)c3cc(Cl)cc(Cl)c23)cc1. The maximum atomic E-state index is 10.6. The standard InChI is InChI=1S/C23H25Cl2NO6/c24-15-8-16(25)19-14(7-13-3-1-12(2-4-13)5-6-27)10-26(17(19)9-15)23-22(31)21(30)20(29)18(11-28)32-23/h1-4,8-10,18,20-23,27-31H,5-7,11H2/t18-,20-,21+,22-,23-/m1/s1. The van der Waals surface area contributed by atoms with E-state index >= 15 is 0 Å². The van der Waals surface area contributed by atoms with Crippen molar-refractivity contribution in [3.8, 4) is 0 Å². The van der Waals surface area contributed by atoms with Crippen LogP contribution in [-0.2, 0) is 17.6 Å². The number of nitrogens with zero attached hydrogens (tertiary/aromatic N) is 1. The average molecular weight is 482 g/mol. The molecule has 0 amide bonds. The monoisotopic (exact) mass is 481 g/mol. The van der Waals surface area contributed by atoms with E-state index in [0.717, 1.165) is 22.1 Å². The van der Waals surface area contributed by atoms with Crippen LogP contribution in [0.5, 0.6) is 0 Å². The molecule has 0 spiro atoms. The van der Waals surface area contributed by atoms with Crippen LogP contribution in [0.1, 0.15) is 22.9 Å². The summed E-state index contributed by atoms with van der Waals surface area (Å²) in [5, 5.41) is 51.2. The molecule has 5 N–H and O–H groups in total. The first kappa shape index (κ1) is 23.5. The lowest BCUT2D eigenvalue weighted by Gasteiger charge is -2.40. The fraction of sp³-hybridized carbons (Fsp3) is 0.391. The van der Waals surface area contributed by atoms with Crippen molar-refractivity contribution in [3.63, 3.8) is 0 Å². The largest absolute Gasteiger partial charge is 0.396 e. The Kier molecular flexibility index (Phi) is 7.09. The topological polar surface area (TPSA) is 115 Å². The summed E-state index contributed by atoms with van der Waals surface area (Å²) in [5.74, 6) is 0. The van der Waals surface area contributed by atoms with Crippen LogP contribution >= 0.6 is 23.2 Å². The second kappa shape index (κ2) is 9.67. The van der Waals surface area contributed by atoms with Gasteiger partial charge in [-0.3, -0.25) is 0 Å². The summed E-state index contributed by atoms with van der Waals surface area (Å²) >= 11 is 12.8. The quantitative estimate of drug-likeness (QED) is 0.368. The number of fused-ring (bicyclic) bond motifs is 1. The Balaban J connectivity index is 1.77. The van der Waals surface area contributed by atoms with Gasteiger partial charge in [0.2, 0.25) is 0 Å². The molecule has 0 aliphatic carbocycles. The molecule has 9 heteroatoms. The molecule has 1 fully saturated rings. The summed E-state index contributed by atoms with van der Waals surface area (Å²) in [6, 6.07) is 11.2. The molecule has 1 aliphatic heterocycles. The van der Waals surface area contributed by atoms with Crippen molar-refractivity contribution in [2.75, 3.05) is 13.2 Å². The van der Waals surface area contributed by atoms with Crippen molar-refractivity contribution in [1.82, 2.24) is 4.57 Å². The van der Waals surface area contributed by atoms with Crippen molar-refractivity contribution in [1.29, 1.82) is 0 Å². The van der Waals surface area contributed by atoms with E-state index < -0.39 is 37.3 Å². The van der Waals surface area contributed by atoms with E-state index in [4.69, 9.17) is 33.0 Å². The zero-order chi connectivity index (χ0) is 23.0. The molecular weight excluding hydrogens is 457 g/mol. The molecule has 1 saturated heterocycles. The highest BCUT2D eigenvalue weighted by Gasteiger charge is 2.44. The van der Waals surface area contributed by atoms with E-state index in [1.54, 1.807) is 22.9 Å². The third-order valence-corrected chi connectivity index (χ3v) is 6.40. The minimum atomic E-state index is -1.50. The van der Waals surface area contributed by atoms with Gasteiger partial charge in [-0.1, -0.05) is 47.5 Å². The number of halogens is 2. The molecule has 0 unspecified atom stereocenters. The zero-order valence-corrected chi connectivity index (χ0v) is 18.6. The molecule has 5 atom stereocenters. The smallest absolute Gasteiger partial charge is 0.163 e. The highest BCUT2D eigenvalue weighted by molar-refractivity contribution is 6.38. The van der Waals surface area contributed by atoms with Gasteiger partial charge in [0.25, 0.3) is 0 Å². The van der Waals surface area contributed by atoms with Gasteiger partial charge in [-0.15, -0.1) is 0 Å². The summed E-state index contributed by atoms with van der Waals surface area (Å²) in [6.07, 6.45) is -3.59. The number of ether oxygens (including phenoxy) is 1. The Hall–Kier alpha value is -1.68. The molecule has 2 aromatic carbocycles. The number of rotatable bonds is 6. The number of aliphatic hydroxyl groups is 5. The fourth-order valence-corrected chi connectivity index (χ4v) is 4.82. The van der Waals surface area contributed by atoms with Gasteiger partial charge < -0.3 is 34.8 Å². The van der Waals surface area contributed by atoms with Crippen LogP contribution in [0.15, 0.2) is 42.6 Å². The van der Waals surface area contributed by atoms with E-state index in [1.807, 2.05) is 24.3 Å². The highest BCUT2D eigenvalue weighted by atomic mass is 35.5. The first-order chi connectivity index (χ1) is 15.3. The first-order valence-electron chi connectivity index (χ1n) is 10.3. The molecule has 172 valence electrons. The molecule has 1 aromatic heterocycles. The molecule has 1 aliphatic rings. The number of hydrogen-bond acceptors (Lipinski definition) is 6. The minimum absolute atomic E-state index is 0.0856. The summed E-state index contributed by atoms with van der Waals surface area (Å²) in [7, 11) is 0. The Bertz CT molecular complexity index is 1080. The molecule has 2 heterocycles. The van der Waals surface area contributed by atoms with Crippen LogP contribution in [0, 0.1) is 0 Å². The number of hydrogen-bond donors (Lipinski definition) is 5. The summed E-state index contributed by atoms with van der Waals surface area (Å²) < 4.78 is 7.38. The second-order valence-electron chi connectivity index (χ2n) is 8.03. The Morgan fingerprint density at radius 1 is 0.906 bits per heavy atom. The predicted octanol–water partition coefficient (Wildman–Crippen LogP) is 2.05. The van der Waals surface area contributed by atoms with Crippen molar-refractivity contribution in [3.05, 3.63) is 69.3 Å². The van der Waals surface area contributed by atoms with Crippen LogP contribution in [-0.4, -0.2) is 67.7 Å². The number of aliphatic hydroxyl groups excluding tert-OH is 5. The van der Waals surface area contributed by atoms with Crippen molar-refractivity contribution >= 4 is 34.1 Å². The van der Waals surface area contributed by atoms with Gasteiger partial charge in [0.15, 0.2) is 6.23 Å². The Labute approximate surface area is 195 Å². The number of benzene rings is 2. The lowest BCUT2D eigenvalue weighted by Crippen LogP contribution is -2.56. The van der Waals surface area contributed by atoms with Crippen LogP contribution in [0.3, 0.4) is 0 Å². The van der Waals surface area contributed by atoms with E-state index in [1.165, 1.54) is 0 Å². The molecule has 3 aromatic rings. The van der Waals surface area contributed by atoms with Gasteiger partial charge in [0, 0.05) is 23.2 Å². The lowest BCUT2D eigenvalue weighted by atomic mass is 9.98. The van der Waals surface area contributed by atoms with E-state index in [-0.39, 0.29) is 6.61 Å². The molecule has 7 nitrogen and oxygen atoms in total. The lowest BCUT2D eigenvalue weighted by molar-refractivity contribution is -0.250. The Morgan fingerprint density at radius 3 is 2.25 bits per heavy atom. The van der Waals surface area contributed by atoms with Crippen molar-refractivity contribution < 1.29 is 30.3 Å². The fourth-order valence-electron chi connectivity index (χ4n) is 4.21. The number of aromatic nitrogens is 1. The highest BCUT2D eigenvalue weighted by Crippen LogP contribution is 2.38. The molecule has 4 rings (SSSR count). The maximum Gasteiger partial charge on any atom is 0.163 e. The summed E-state index contributed by atoms with van der Waals surface area (Å²) in [4.78, 5) is 0. The molecular formula is C23H25Cl2NO6. The van der Waals surface area contributed by atoms with Crippen LogP contribution in [0.25, 0.3) is 10.9 Å². The van der Waals surface area contributed by atoms with E-state index in [0.29, 0.717) is 28.4 Å². The van der Waals surface area contributed by atoms with Gasteiger partial charge in [0.1, 0.15) is 24.4 Å². The maximum absolute atomic E-state index is 10.6. The summed E-state index contributed by atoms with van der Waals surface area (Å²) in [5.41, 5.74) is 3.50. The van der Waals surface area contributed by atoms with Crippen LogP contribution < -0.4 is 0 Å². The van der Waals surface area contributed by atoms with Gasteiger partial charge in [-0.25, -0.2) is 0 Å². The average Bonchev–Trinajstić information content (AvgIpc) is 3.12. The second-order valence-corrected chi connectivity index (χ2v) is 8.87. The van der Waals surface area contributed by atoms with Crippen molar-refractivity contribution in [2.45, 2.75) is 43.5 Å². The van der Waals surface area contributed by atoms with Gasteiger partial charge in [-0.05, 0) is 41.7 Å². The first-order valence-corrected chi connectivity index (χ1v) is 11.1. The normalized spacial score (nSPS) is 26.0. The third kappa shape index (κ3) is 4.40. The van der Waals surface area contributed by atoms with Gasteiger partial charge in [0.05, 0.1) is 17.1 Å². The van der Waals surface area contributed by atoms with Gasteiger partial charge >= 0.3 is 0 Å². The van der Waals surface area contributed by atoms with E-state index in [2.05, 4.69) is 0 Å². The van der Waals surface area contributed by atoms with Gasteiger partial charge in [-0.2, -0.15) is 0 Å². The molecule has 32 heavy (non-hydrogen) atoms. The summed E-state index contributed by atoms with van der Waals surface area (Å²) in [6.45, 7) is -0.433. The molecule has 0 bridgehead atoms. The van der Waals surface area contributed by atoms with E-state index in [9.17, 15) is 20.4 Å². The zero-order valence-electron chi connectivity index (χ0n) is 17.1. The van der Waals surface area contributed by atoms with Crippen LogP contribution in [0.4, 0.5) is 0 Å². The van der Waals surface area contributed by atoms with Crippen molar-refractivity contribution in [2.24, 2.45) is 0 Å². The molecule has 0 radical (unpaired) electrons.